The molecule has 0 heterocycles. The Labute approximate surface area is 193 Å². The summed E-state index contributed by atoms with van der Waals surface area (Å²) in [5.41, 5.74) is 4.33. The van der Waals surface area contributed by atoms with Gasteiger partial charge in [-0.2, -0.15) is 0 Å². The van der Waals surface area contributed by atoms with E-state index in [4.69, 9.17) is 4.74 Å². The molecule has 1 heteroatoms. The molecule has 9 atom stereocenters. The minimum atomic E-state index is 0.406. The second-order valence-electron chi connectivity index (χ2n) is 14.6. The van der Waals surface area contributed by atoms with Crippen LogP contribution >= 0.6 is 0 Å². The fourth-order valence-corrected chi connectivity index (χ4v) is 10.4. The van der Waals surface area contributed by atoms with Crippen LogP contribution in [0.2, 0.25) is 0 Å². The second-order valence-corrected chi connectivity index (χ2v) is 14.6. The highest BCUT2D eigenvalue weighted by atomic mass is 16.5. The van der Waals surface area contributed by atoms with Crippen LogP contribution in [0.1, 0.15) is 113 Å². The number of fused-ring (bicyclic) bond motifs is 7. The molecule has 0 aromatic carbocycles. The molecule has 5 aliphatic rings. The summed E-state index contributed by atoms with van der Waals surface area (Å²) in [7, 11) is 1.94. The van der Waals surface area contributed by atoms with Gasteiger partial charge in [-0.1, -0.05) is 60.1 Å². The first kappa shape index (κ1) is 22.5. The molecule has 0 aliphatic heterocycles. The summed E-state index contributed by atoms with van der Waals surface area (Å²) in [4.78, 5) is 0. The summed E-state index contributed by atoms with van der Waals surface area (Å²) in [6, 6.07) is 0. The summed E-state index contributed by atoms with van der Waals surface area (Å²) in [6.07, 6.45) is 17.3. The lowest BCUT2D eigenvalue weighted by Crippen LogP contribution is -2.62. The van der Waals surface area contributed by atoms with E-state index >= 15 is 0 Å². The molecular formula is C30H50O. The minimum absolute atomic E-state index is 0.406. The van der Waals surface area contributed by atoms with Crippen molar-refractivity contribution in [2.24, 2.45) is 50.7 Å². The van der Waals surface area contributed by atoms with Crippen LogP contribution in [-0.2, 0) is 4.74 Å². The van der Waals surface area contributed by atoms with E-state index in [0.717, 1.165) is 17.8 Å². The van der Waals surface area contributed by atoms with Crippen molar-refractivity contribution in [2.45, 2.75) is 119 Å². The third-order valence-corrected chi connectivity index (χ3v) is 12.9. The largest absolute Gasteiger partial charge is 0.381 e. The summed E-state index contributed by atoms with van der Waals surface area (Å²) in [5.74, 6) is 3.21. The Morgan fingerprint density at radius 2 is 1.58 bits per heavy atom. The third-order valence-electron chi connectivity index (χ3n) is 12.9. The van der Waals surface area contributed by atoms with E-state index < -0.39 is 0 Å². The lowest BCUT2D eigenvalue weighted by Gasteiger charge is -2.70. The zero-order valence-electron chi connectivity index (χ0n) is 21.9. The number of allylic oxidation sites excluding steroid dienone is 2. The predicted octanol–water partition coefficient (Wildman–Crippen LogP) is 8.43. The van der Waals surface area contributed by atoms with Gasteiger partial charge in [0.15, 0.2) is 0 Å². The Balaban J connectivity index is 1.54. The zero-order valence-corrected chi connectivity index (χ0v) is 21.9. The molecule has 176 valence electrons. The van der Waals surface area contributed by atoms with E-state index in [0.29, 0.717) is 39.1 Å². The molecule has 1 nitrogen and oxygen atoms in total. The van der Waals surface area contributed by atoms with Gasteiger partial charge in [0.25, 0.3) is 0 Å². The SMILES string of the molecule is COC1CCC2(C)C(CCC3(C)C2CC=C2C4CC(C)(C)CCC4(C)CCC23C)C1C. The van der Waals surface area contributed by atoms with Crippen molar-refractivity contribution in [3.63, 3.8) is 0 Å². The van der Waals surface area contributed by atoms with Crippen molar-refractivity contribution in [2.75, 3.05) is 7.11 Å². The fourth-order valence-electron chi connectivity index (χ4n) is 10.4. The van der Waals surface area contributed by atoms with Gasteiger partial charge in [0.1, 0.15) is 0 Å². The van der Waals surface area contributed by atoms with Gasteiger partial charge in [-0.15, -0.1) is 0 Å². The molecule has 0 N–H and O–H groups in total. The van der Waals surface area contributed by atoms with Crippen LogP contribution in [0.15, 0.2) is 11.6 Å². The highest BCUT2D eigenvalue weighted by Gasteiger charge is 2.66. The molecular weight excluding hydrogens is 376 g/mol. The third kappa shape index (κ3) is 2.90. The number of methoxy groups -OCH3 is 1. The van der Waals surface area contributed by atoms with Gasteiger partial charge in [0.05, 0.1) is 6.10 Å². The Hall–Kier alpha value is -0.300. The minimum Gasteiger partial charge on any atom is -0.381 e. The quantitative estimate of drug-likeness (QED) is 0.382. The first-order chi connectivity index (χ1) is 14.4. The van der Waals surface area contributed by atoms with Crippen molar-refractivity contribution in [1.29, 1.82) is 0 Å². The maximum atomic E-state index is 5.94. The lowest BCUT2D eigenvalue weighted by molar-refractivity contribution is -0.182. The molecule has 0 saturated heterocycles. The molecule has 0 aromatic rings. The first-order valence-corrected chi connectivity index (χ1v) is 13.6. The van der Waals surface area contributed by atoms with E-state index in [1.807, 2.05) is 12.7 Å². The summed E-state index contributed by atoms with van der Waals surface area (Å²) in [6.45, 7) is 18.4. The van der Waals surface area contributed by atoms with Crippen molar-refractivity contribution < 1.29 is 4.74 Å². The summed E-state index contributed by atoms with van der Waals surface area (Å²) in [5, 5.41) is 0. The Bertz CT molecular complexity index is 764. The Morgan fingerprint density at radius 3 is 2.29 bits per heavy atom. The van der Waals surface area contributed by atoms with Crippen LogP contribution in [0.25, 0.3) is 0 Å². The lowest BCUT2D eigenvalue weighted by atomic mass is 9.34. The van der Waals surface area contributed by atoms with Crippen LogP contribution < -0.4 is 0 Å². The molecule has 4 saturated carbocycles. The molecule has 0 bridgehead atoms. The van der Waals surface area contributed by atoms with E-state index in [9.17, 15) is 0 Å². The van der Waals surface area contributed by atoms with Gasteiger partial charge in [-0.3, -0.25) is 0 Å². The average molecular weight is 427 g/mol. The van der Waals surface area contributed by atoms with Gasteiger partial charge in [-0.25, -0.2) is 0 Å². The highest BCUT2D eigenvalue weighted by molar-refractivity contribution is 5.33. The molecule has 9 unspecified atom stereocenters. The normalized spacial score (nSPS) is 55.9. The van der Waals surface area contributed by atoms with E-state index in [1.165, 1.54) is 64.2 Å². The Morgan fingerprint density at radius 1 is 0.871 bits per heavy atom. The van der Waals surface area contributed by atoms with Gasteiger partial charge in [-0.05, 0) is 115 Å². The monoisotopic (exact) mass is 426 g/mol. The summed E-state index contributed by atoms with van der Waals surface area (Å²) < 4.78 is 5.94. The van der Waals surface area contributed by atoms with Gasteiger partial charge < -0.3 is 4.74 Å². The van der Waals surface area contributed by atoms with Crippen molar-refractivity contribution >= 4 is 0 Å². The zero-order chi connectivity index (χ0) is 22.4. The topological polar surface area (TPSA) is 9.23 Å². The van der Waals surface area contributed by atoms with Crippen LogP contribution in [0.3, 0.4) is 0 Å². The molecule has 0 radical (unpaired) electrons. The van der Waals surface area contributed by atoms with Gasteiger partial charge in [0, 0.05) is 7.11 Å². The average Bonchev–Trinajstić information content (AvgIpc) is 2.70. The first-order valence-electron chi connectivity index (χ1n) is 13.6. The summed E-state index contributed by atoms with van der Waals surface area (Å²) >= 11 is 0. The Kier molecular flexibility index (Phi) is 4.98. The predicted molar refractivity (Wildman–Crippen MR) is 131 cm³/mol. The molecule has 31 heavy (non-hydrogen) atoms. The molecule has 5 rings (SSSR count). The van der Waals surface area contributed by atoms with Crippen LogP contribution in [0.4, 0.5) is 0 Å². The number of hydrogen-bond acceptors (Lipinski definition) is 1. The maximum absolute atomic E-state index is 5.94. The van der Waals surface area contributed by atoms with Crippen LogP contribution in [0, 0.1) is 50.7 Å². The standard InChI is InChI=1S/C30H50O/c1-20-21-11-14-30(7)25(28(21,5)13-12-24(20)31-8)10-9-22-23-19-26(2,3)15-16-27(23,4)17-18-29(22,30)6/h9,20-21,23-25H,10-19H2,1-8H3. The number of hydrogen-bond donors (Lipinski definition) is 0. The smallest absolute Gasteiger partial charge is 0.0599 e. The van der Waals surface area contributed by atoms with Gasteiger partial charge in [0.2, 0.25) is 0 Å². The highest BCUT2D eigenvalue weighted by Crippen LogP contribution is 2.74. The van der Waals surface area contributed by atoms with Crippen LogP contribution in [0.5, 0.6) is 0 Å². The second kappa shape index (κ2) is 6.86. The number of ether oxygens (including phenoxy) is 1. The van der Waals surface area contributed by atoms with E-state index in [2.05, 4.69) is 54.5 Å². The molecule has 5 aliphatic carbocycles. The van der Waals surface area contributed by atoms with E-state index in [-0.39, 0.29) is 0 Å². The fraction of sp³-hybridized carbons (Fsp3) is 0.933. The van der Waals surface area contributed by atoms with Gasteiger partial charge >= 0.3 is 0 Å². The number of rotatable bonds is 1. The maximum Gasteiger partial charge on any atom is 0.0599 e. The van der Waals surface area contributed by atoms with Crippen molar-refractivity contribution in [3.05, 3.63) is 11.6 Å². The van der Waals surface area contributed by atoms with Crippen molar-refractivity contribution in [1.82, 2.24) is 0 Å². The molecule has 4 fully saturated rings. The molecule has 0 aromatic heterocycles. The molecule has 0 amide bonds. The van der Waals surface area contributed by atoms with Crippen molar-refractivity contribution in [3.8, 4) is 0 Å². The van der Waals surface area contributed by atoms with E-state index in [1.54, 1.807) is 0 Å². The van der Waals surface area contributed by atoms with Crippen LogP contribution in [-0.4, -0.2) is 13.2 Å². The molecule has 0 spiro atoms.